The number of rotatable bonds is 4. The summed E-state index contributed by atoms with van der Waals surface area (Å²) in [4.78, 5) is 19.3. The molecule has 0 radical (unpaired) electrons. The molecule has 5 nitrogen and oxygen atoms in total. The van der Waals surface area contributed by atoms with Crippen molar-refractivity contribution in [1.82, 2.24) is 15.3 Å². The first-order chi connectivity index (χ1) is 10.6. The van der Waals surface area contributed by atoms with Crippen LogP contribution in [0.3, 0.4) is 0 Å². The molecule has 1 unspecified atom stereocenters. The molecule has 3 aromatic rings. The molecule has 1 atom stereocenters. The van der Waals surface area contributed by atoms with E-state index in [1.807, 2.05) is 30.3 Å². The minimum Gasteiger partial charge on any atom is -0.384 e. The minimum atomic E-state index is -1.12. The van der Waals surface area contributed by atoms with Gasteiger partial charge in [0.1, 0.15) is 5.60 Å². The van der Waals surface area contributed by atoms with Gasteiger partial charge >= 0.3 is 0 Å². The average molecular weight is 295 g/mol. The summed E-state index contributed by atoms with van der Waals surface area (Å²) in [6.07, 6.45) is 1.59. The summed E-state index contributed by atoms with van der Waals surface area (Å²) in [5, 5.41) is 13.3. The molecule has 5 heteroatoms. The van der Waals surface area contributed by atoms with Crippen molar-refractivity contribution in [2.45, 2.75) is 12.5 Å². The number of carbonyl (C=O) groups excluding carboxylic acids is 1. The molecule has 1 amide bonds. The summed E-state index contributed by atoms with van der Waals surface area (Å²) < 4.78 is 0. The molecule has 3 N–H and O–H groups in total. The predicted octanol–water partition coefficient (Wildman–Crippen LogP) is 2.20. The monoisotopic (exact) mass is 295 g/mol. The SMILES string of the molecule is CC(O)(CNC(=O)c1ccc2nc[nH]c2c1)c1ccccc1. The van der Waals surface area contributed by atoms with Gasteiger partial charge in [-0.1, -0.05) is 30.3 Å². The van der Waals surface area contributed by atoms with E-state index in [-0.39, 0.29) is 12.5 Å². The van der Waals surface area contributed by atoms with Gasteiger partial charge in [0, 0.05) is 5.56 Å². The number of nitrogens with one attached hydrogen (secondary N) is 2. The van der Waals surface area contributed by atoms with Crippen LogP contribution in [0.1, 0.15) is 22.8 Å². The van der Waals surface area contributed by atoms with Crippen molar-refractivity contribution in [2.24, 2.45) is 0 Å². The molecular formula is C17H17N3O2. The van der Waals surface area contributed by atoms with Crippen molar-refractivity contribution < 1.29 is 9.90 Å². The molecule has 112 valence electrons. The lowest BCUT2D eigenvalue weighted by Gasteiger charge is -2.24. The zero-order valence-corrected chi connectivity index (χ0v) is 12.2. The van der Waals surface area contributed by atoms with E-state index < -0.39 is 5.60 Å². The lowest BCUT2D eigenvalue weighted by Crippen LogP contribution is -2.38. The van der Waals surface area contributed by atoms with E-state index in [0.717, 1.165) is 16.6 Å². The third-order valence-electron chi connectivity index (χ3n) is 3.67. The van der Waals surface area contributed by atoms with Crippen LogP contribution < -0.4 is 5.32 Å². The summed E-state index contributed by atoms with van der Waals surface area (Å²) in [6, 6.07) is 14.5. The van der Waals surface area contributed by atoms with Crippen LogP contribution in [0.4, 0.5) is 0 Å². The standard InChI is InChI=1S/C17H17N3O2/c1-17(22,13-5-3-2-4-6-13)10-18-16(21)12-7-8-14-15(9-12)20-11-19-14/h2-9,11,22H,10H2,1H3,(H,18,21)(H,19,20). The van der Waals surface area contributed by atoms with E-state index in [1.54, 1.807) is 31.5 Å². The normalized spacial score (nSPS) is 13.7. The third-order valence-corrected chi connectivity index (χ3v) is 3.67. The molecule has 3 rings (SSSR count). The van der Waals surface area contributed by atoms with Gasteiger partial charge in [-0.3, -0.25) is 4.79 Å². The van der Waals surface area contributed by atoms with Crippen molar-refractivity contribution >= 4 is 16.9 Å². The van der Waals surface area contributed by atoms with E-state index in [4.69, 9.17) is 0 Å². The number of fused-ring (bicyclic) bond motifs is 1. The van der Waals surface area contributed by atoms with Crippen LogP contribution in [-0.4, -0.2) is 27.5 Å². The number of carbonyl (C=O) groups is 1. The van der Waals surface area contributed by atoms with Crippen LogP contribution in [-0.2, 0) is 5.60 Å². The molecule has 0 aliphatic carbocycles. The van der Waals surface area contributed by atoms with E-state index in [1.165, 1.54) is 0 Å². The first-order valence-corrected chi connectivity index (χ1v) is 7.05. The van der Waals surface area contributed by atoms with Crippen molar-refractivity contribution in [1.29, 1.82) is 0 Å². The molecule has 1 aromatic heterocycles. The second kappa shape index (κ2) is 5.61. The van der Waals surface area contributed by atoms with E-state index in [9.17, 15) is 9.90 Å². The highest BCUT2D eigenvalue weighted by atomic mass is 16.3. The number of hydrogen-bond donors (Lipinski definition) is 3. The quantitative estimate of drug-likeness (QED) is 0.690. The fourth-order valence-electron chi connectivity index (χ4n) is 2.33. The Bertz CT molecular complexity index is 794. The number of nitrogens with zero attached hydrogens (tertiary/aromatic N) is 1. The summed E-state index contributed by atoms with van der Waals surface area (Å²) in [6.45, 7) is 1.82. The third kappa shape index (κ3) is 2.84. The Balaban J connectivity index is 1.71. The second-order valence-electron chi connectivity index (χ2n) is 5.46. The first kappa shape index (κ1) is 14.3. The van der Waals surface area contributed by atoms with Gasteiger partial charge in [-0.05, 0) is 30.7 Å². The van der Waals surface area contributed by atoms with Crippen LogP contribution in [0.25, 0.3) is 11.0 Å². The highest BCUT2D eigenvalue weighted by Gasteiger charge is 2.23. The van der Waals surface area contributed by atoms with E-state index in [0.29, 0.717) is 5.56 Å². The molecule has 0 saturated carbocycles. The van der Waals surface area contributed by atoms with E-state index >= 15 is 0 Å². The lowest BCUT2D eigenvalue weighted by atomic mass is 9.96. The summed E-state index contributed by atoms with van der Waals surface area (Å²) in [7, 11) is 0. The molecular weight excluding hydrogens is 278 g/mol. The van der Waals surface area contributed by atoms with Gasteiger partial charge in [0.25, 0.3) is 5.91 Å². The Morgan fingerprint density at radius 1 is 1.27 bits per heavy atom. The van der Waals surface area contributed by atoms with Crippen molar-refractivity contribution in [3.8, 4) is 0 Å². The molecule has 22 heavy (non-hydrogen) atoms. The Morgan fingerprint density at radius 3 is 2.82 bits per heavy atom. The number of aliphatic hydroxyl groups is 1. The number of amides is 1. The topological polar surface area (TPSA) is 78.0 Å². The zero-order valence-electron chi connectivity index (χ0n) is 12.2. The highest BCUT2D eigenvalue weighted by molar-refractivity contribution is 5.97. The Kier molecular flexibility index (Phi) is 3.65. The fraction of sp³-hybridized carbons (Fsp3) is 0.176. The summed E-state index contributed by atoms with van der Waals surface area (Å²) in [5.41, 5.74) is 1.80. The average Bonchev–Trinajstić information content (AvgIpc) is 3.01. The maximum Gasteiger partial charge on any atom is 0.251 e. The number of benzene rings is 2. The molecule has 1 heterocycles. The number of H-pyrrole nitrogens is 1. The molecule has 0 spiro atoms. The summed E-state index contributed by atoms with van der Waals surface area (Å²) in [5.74, 6) is -0.229. The molecule has 0 aliphatic heterocycles. The minimum absolute atomic E-state index is 0.136. The maximum absolute atomic E-state index is 12.2. The predicted molar refractivity (Wildman–Crippen MR) is 84.4 cm³/mol. The van der Waals surface area contributed by atoms with E-state index in [2.05, 4.69) is 15.3 Å². The Morgan fingerprint density at radius 2 is 2.05 bits per heavy atom. The molecule has 2 aromatic carbocycles. The largest absolute Gasteiger partial charge is 0.384 e. The first-order valence-electron chi connectivity index (χ1n) is 7.05. The highest BCUT2D eigenvalue weighted by Crippen LogP contribution is 2.19. The van der Waals surface area contributed by atoms with Crippen LogP contribution in [0.2, 0.25) is 0 Å². The van der Waals surface area contributed by atoms with Crippen LogP contribution in [0.15, 0.2) is 54.9 Å². The fourth-order valence-corrected chi connectivity index (χ4v) is 2.33. The Hall–Kier alpha value is -2.66. The number of aromatic amines is 1. The van der Waals surface area contributed by atoms with Crippen LogP contribution in [0.5, 0.6) is 0 Å². The van der Waals surface area contributed by atoms with Gasteiger partial charge in [-0.25, -0.2) is 4.98 Å². The zero-order chi connectivity index (χ0) is 15.6. The molecule has 0 bridgehead atoms. The van der Waals surface area contributed by atoms with Crippen molar-refractivity contribution in [3.63, 3.8) is 0 Å². The van der Waals surface area contributed by atoms with Gasteiger partial charge in [0.15, 0.2) is 0 Å². The van der Waals surface area contributed by atoms with Crippen molar-refractivity contribution in [3.05, 3.63) is 66.0 Å². The van der Waals surface area contributed by atoms with Gasteiger partial charge in [0.2, 0.25) is 0 Å². The molecule has 0 aliphatic rings. The van der Waals surface area contributed by atoms with Crippen LogP contribution in [0, 0.1) is 0 Å². The van der Waals surface area contributed by atoms with Gasteiger partial charge in [0.05, 0.1) is 23.9 Å². The number of hydrogen-bond acceptors (Lipinski definition) is 3. The smallest absolute Gasteiger partial charge is 0.251 e. The van der Waals surface area contributed by atoms with Gasteiger partial charge in [-0.15, -0.1) is 0 Å². The lowest BCUT2D eigenvalue weighted by molar-refractivity contribution is 0.0526. The van der Waals surface area contributed by atoms with Gasteiger partial charge < -0.3 is 15.4 Å². The number of imidazole rings is 1. The number of aromatic nitrogens is 2. The second-order valence-corrected chi connectivity index (χ2v) is 5.46. The molecule has 0 saturated heterocycles. The maximum atomic E-state index is 12.2. The Labute approximate surface area is 128 Å². The van der Waals surface area contributed by atoms with Crippen LogP contribution >= 0.6 is 0 Å². The summed E-state index contributed by atoms with van der Waals surface area (Å²) >= 11 is 0. The van der Waals surface area contributed by atoms with Gasteiger partial charge in [-0.2, -0.15) is 0 Å². The van der Waals surface area contributed by atoms with Crippen molar-refractivity contribution in [2.75, 3.05) is 6.54 Å². The molecule has 0 fully saturated rings.